The van der Waals surface area contributed by atoms with E-state index in [-0.39, 0.29) is 18.5 Å². The smallest absolute Gasteiger partial charge is 0.306 e. The number of carbonyl (C=O) groups excluding carboxylic acids is 1. The van der Waals surface area contributed by atoms with Crippen molar-refractivity contribution < 1.29 is 19.4 Å². The number of aliphatic carboxylic acids is 1. The molecule has 0 heterocycles. The lowest BCUT2D eigenvalue weighted by molar-refractivity contribution is -0.150. The molecule has 1 N–H and O–H groups in total. The van der Waals surface area contributed by atoms with Gasteiger partial charge in [-0.3, -0.25) is 9.59 Å². The van der Waals surface area contributed by atoms with Crippen molar-refractivity contribution in [2.45, 2.75) is 251 Å². The van der Waals surface area contributed by atoms with E-state index in [4.69, 9.17) is 9.84 Å². The van der Waals surface area contributed by atoms with E-state index in [1.54, 1.807) is 0 Å². The summed E-state index contributed by atoms with van der Waals surface area (Å²) >= 11 is 0. The number of hydrogen-bond donors (Lipinski definition) is 1. The van der Waals surface area contributed by atoms with E-state index in [1.807, 2.05) is 0 Å². The Hall–Kier alpha value is -1.58. The number of carboxylic acids is 1. The van der Waals surface area contributed by atoms with Crippen molar-refractivity contribution in [2.75, 3.05) is 0 Å². The first-order valence-electron chi connectivity index (χ1n) is 21.8. The second-order valence-corrected chi connectivity index (χ2v) is 14.9. The fraction of sp³-hybridized carbons (Fsp3) is 0.867. The average molecular weight is 689 g/mol. The minimum absolute atomic E-state index is 0.000543. The van der Waals surface area contributed by atoms with Crippen molar-refractivity contribution in [3.8, 4) is 0 Å². The minimum atomic E-state index is -0.699. The average Bonchev–Trinajstić information content (AvgIpc) is 3.09. The van der Waals surface area contributed by atoms with Crippen LogP contribution in [0.4, 0.5) is 0 Å². The van der Waals surface area contributed by atoms with E-state index >= 15 is 0 Å². The van der Waals surface area contributed by atoms with Crippen molar-refractivity contribution in [3.63, 3.8) is 0 Å². The molecule has 0 aliphatic heterocycles. The molecule has 49 heavy (non-hydrogen) atoms. The van der Waals surface area contributed by atoms with Crippen LogP contribution in [-0.2, 0) is 14.3 Å². The molecule has 0 aliphatic rings. The Labute approximate surface area is 306 Å². The Morgan fingerprint density at radius 3 is 1.24 bits per heavy atom. The largest absolute Gasteiger partial charge is 0.481 e. The van der Waals surface area contributed by atoms with Gasteiger partial charge < -0.3 is 9.84 Å². The number of ether oxygens (including phenoxy) is 1. The number of allylic oxidation sites excluding steroid dienone is 4. The van der Waals surface area contributed by atoms with Crippen molar-refractivity contribution in [3.05, 3.63) is 24.3 Å². The zero-order valence-electron chi connectivity index (χ0n) is 33.0. The van der Waals surface area contributed by atoms with Crippen LogP contribution in [0.15, 0.2) is 24.3 Å². The summed E-state index contributed by atoms with van der Waals surface area (Å²) in [5, 5.41) is 8.84. The standard InChI is InChI=1S/C45H84O4/c1-3-5-7-9-11-13-15-17-19-20-21-23-25-27-29-34-38-42-45(48)49-43(40-36-32-30-33-37-41-44(46)47)39-35-31-28-26-24-22-18-16-14-12-10-8-6-4-2/h11,13,17,19,43H,3-10,12,14-16,18,20-42H2,1-2H3,(H,46,47)/b13-11-,19-17-. The molecular weight excluding hydrogens is 604 g/mol. The lowest BCUT2D eigenvalue weighted by Crippen LogP contribution is -2.18. The van der Waals surface area contributed by atoms with Crippen LogP contribution in [-0.4, -0.2) is 23.1 Å². The summed E-state index contributed by atoms with van der Waals surface area (Å²) in [6.45, 7) is 4.54. The first kappa shape index (κ1) is 47.4. The van der Waals surface area contributed by atoms with Gasteiger partial charge in [-0.1, -0.05) is 186 Å². The second kappa shape index (κ2) is 40.8. The number of hydrogen-bond acceptors (Lipinski definition) is 3. The molecular formula is C45H84O4. The number of carbonyl (C=O) groups is 2. The summed E-state index contributed by atoms with van der Waals surface area (Å²) in [7, 11) is 0. The van der Waals surface area contributed by atoms with Crippen LogP contribution < -0.4 is 0 Å². The predicted octanol–water partition coefficient (Wildman–Crippen LogP) is 15.2. The maximum Gasteiger partial charge on any atom is 0.306 e. The minimum Gasteiger partial charge on any atom is -0.481 e. The summed E-state index contributed by atoms with van der Waals surface area (Å²) in [4.78, 5) is 23.4. The van der Waals surface area contributed by atoms with Gasteiger partial charge in [0.15, 0.2) is 0 Å². The Balaban J connectivity index is 4.00. The summed E-state index contributed by atoms with van der Waals surface area (Å²) in [5.74, 6) is -0.699. The van der Waals surface area contributed by atoms with E-state index in [0.29, 0.717) is 6.42 Å². The molecule has 0 aromatic carbocycles. The van der Waals surface area contributed by atoms with Crippen molar-refractivity contribution in [2.24, 2.45) is 0 Å². The van der Waals surface area contributed by atoms with E-state index in [9.17, 15) is 9.59 Å². The third-order valence-corrected chi connectivity index (χ3v) is 9.93. The van der Waals surface area contributed by atoms with Crippen LogP contribution in [0, 0.1) is 0 Å². The molecule has 0 saturated carbocycles. The third-order valence-electron chi connectivity index (χ3n) is 9.93. The zero-order valence-corrected chi connectivity index (χ0v) is 33.0. The van der Waals surface area contributed by atoms with Crippen LogP contribution in [0.1, 0.15) is 245 Å². The van der Waals surface area contributed by atoms with Crippen LogP contribution >= 0.6 is 0 Å². The number of esters is 1. The van der Waals surface area contributed by atoms with Gasteiger partial charge in [0.25, 0.3) is 0 Å². The highest BCUT2D eigenvalue weighted by atomic mass is 16.5. The molecule has 0 radical (unpaired) electrons. The fourth-order valence-corrected chi connectivity index (χ4v) is 6.69. The third kappa shape index (κ3) is 40.7. The maximum atomic E-state index is 12.7. The lowest BCUT2D eigenvalue weighted by atomic mass is 10.0. The molecule has 1 atom stereocenters. The summed E-state index contributed by atoms with van der Waals surface area (Å²) in [6.07, 6.45) is 52.0. The predicted molar refractivity (Wildman–Crippen MR) is 213 cm³/mol. The first-order chi connectivity index (χ1) is 24.1. The van der Waals surface area contributed by atoms with Crippen LogP contribution in [0.25, 0.3) is 0 Å². The van der Waals surface area contributed by atoms with E-state index in [2.05, 4.69) is 38.2 Å². The molecule has 0 fully saturated rings. The Kier molecular flexibility index (Phi) is 39.5. The molecule has 0 saturated heterocycles. The molecule has 0 bridgehead atoms. The number of unbranched alkanes of at least 4 members (excludes halogenated alkanes) is 27. The van der Waals surface area contributed by atoms with Gasteiger partial charge in [0, 0.05) is 12.8 Å². The van der Waals surface area contributed by atoms with Crippen molar-refractivity contribution >= 4 is 11.9 Å². The number of rotatable bonds is 40. The van der Waals surface area contributed by atoms with Gasteiger partial charge in [-0.25, -0.2) is 0 Å². The van der Waals surface area contributed by atoms with Crippen molar-refractivity contribution in [1.29, 1.82) is 0 Å². The normalized spacial score (nSPS) is 12.4. The molecule has 0 aliphatic carbocycles. The molecule has 4 heteroatoms. The molecule has 0 rings (SSSR count). The summed E-state index contributed by atoms with van der Waals surface area (Å²) in [5.41, 5.74) is 0. The summed E-state index contributed by atoms with van der Waals surface area (Å²) in [6, 6.07) is 0. The van der Waals surface area contributed by atoms with Gasteiger partial charge in [0.05, 0.1) is 0 Å². The van der Waals surface area contributed by atoms with Gasteiger partial charge in [0.1, 0.15) is 6.10 Å². The van der Waals surface area contributed by atoms with Gasteiger partial charge >= 0.3 is 11.9 Å². The van der Waals surface area contributed by atoms with E-state index in [1.165, 1.54) is 148 Å². The van der Waals surface area contributed by atoms with Gasteiger partial charge in [-0.15, -0.1) is 0 Å². The highest BCUT2D eigenvalue weighted by Gasteiger charge is 2.14. The fourth-order valence-electron chi connectivity index (χ4n) is 6.69. The highest BCUT2D eigenvalue weighted by molar-refractivity contribution is 5.69. The molecule has 288 valence electrons. The maximum absolute atomic E-state index is 12.7. The monoisotopic (exact) mass is 689 g/mol. The highest BCUT2D eigenvalue weighted by Crippen LogP contribution is 2.19. The van der Waals surface area contributed by atoms with Crippen LogP contribution in [0.5, 0.6) is 0 Å². The molecule has 1 unspecified atom stereocenters. The summed E-state index contributed by atoms with van der Waals surface area (Å²) < 4.78 is 6.02. The molecule has 0 aromatic rings. The molecule has 0 spiro atoms. The van der Waals surface area contributed by atoms with Crippen LogP contribution in [0.2, 0.25) is 0 Å². The van der Waals surface area contributed by atoms with Gasteiger partial charge in [-0.05, 0) is 70.6 Å². The first-order valence-corrected chi connectivity index (χ1v) is 21.8. The zero-order chi connectivity index (χ0) is 35.7. The second-order valence-electron chi connectivity index (χ2n) is 14.9. The SMILES string of the molecule is CCCCC/C=C\C/C=C\CCCCCCCCCC(=O)OC(CCCCCCCCCCCCCCCC)CCCCCCCC(=O)O. The number of carboxylic acid groups (broad SMARTS) is 1. The Bertz CT molecular complexity index is 742. The topological polar surface area (TPSA) is 63.6 Å². The quantitative estimate of drug-likeness (QED) is 0.0395. The van der Waals surface area contributed by atoms with Crippen molar-refractivity contribution in [1.82, 2.24) is 0 Å². The van der Waals surface area contributed by atoms with Gasteiger partial charge in [-0.2, -0.15) is 0 Å². The molecule has 4 nitrogen and oxygen atoms in total. The van der Waals surface area contributed by atoms with Gasteiger partial charge in [0.2, 0.25) is 0 Å². The Morgan fingerprint density at radius 2 is 0.796 bits per heavy atom. The molecule has 0 amide bonds. The lowest BCUT2D eigenvalue weighted by Gasteiger charge is -2.18. The Morgan fingerprint density at radius 1 is 0.449 bits per heavy atom. The van der Waals surface area contributed by atoms with Crippen LogP contribution in [0.3, 0.4) is 0 Å². The molecule has 0 aromatic heterocycles. The van der Waals surface area contributed by atoms with E-state index < -0.39 is 5.97 Å². The van der Waals surface area contributed by atoms with E-state index in [0.717, 1.165) is 70.6 Å².